The molecule has 1 aromatic rings. The van der Waals surface area contributed by atoms with Crippen LogP contribution in [0.1, 0.15) is 44.9 Å². The second-order valence-corrected chi connectivity index (χ2v) is 4.93. The van der Waals surface area contributed by atoms with Crippen molar-refractivity contribution < 1.29 is 0 Å². The monoisotopic (exact) mass is 222 g/mol. The normalized spacial score (nSPS) is 19.9. The fourth-order valence-electron chi connectivity index (χ4n) is 2.52. The van der Waals surface area contributed by atoms with Gasteiger partial charge < -0.3 is 9.88 Å². The highest BCUT2D eigenvalue weighted by molar-refractivity contribution is 4.85. The van der Waals surface area contributed by atoms with Gasteiger partial charge in [0.15, 0.2) is 0 Å². The van der Waals surface area contributed by atoms with Crippen LogP contribution in [0.3, 0.4) is 0 Å². The van der Waals surface area contributed by atoms with Gasteiger partial charge in [-0.2, -0.15) is 0 Å². The first kappa shape index (κ1) is 11.6. The van der Waals surface area contributed by atoms with Gasteiger partial charge in [0.2, 0.25) is 0 Å². The Morgan fingerprint density at radius 3 is 2.81 bits per heavy atom. The van der Waals surface area contributed by atoms with E-state index in [1.807, 2.05) is 11.6 Å². The van der Waals surface area contributed by atoms with Crippen LogP contribution in [0.4, 0.5) is 0 Å². The lowest BCUT2D eigenvalue weighted by atomic mass is 9.84. The van der Waals surface area contributed by atoms with Crippen LogP contribution in [0.25, 0.3) is 0 Å². The molecule has 0 spiro atoms. The van der Waals surface area contributed by atoms with E-state index in [1.165, 1.54) is 32.1 Å². The molecule has 90 valence electrons. The maximum Gasteiger partial charge on any atom is 0.146 e. The fourth-order valence-corrected chi connectivity index (χ4v) is 2.52. The number of nitrogens with one attached hydrogen (secondary N) is 1. The average molecular weight is 222 g/mol. The van der Waals surface area contributed by atoms with E-state index in [0.717, 1.165) is 18.3 Å². The number of rotatable bonds is 4. The van der Waals surface area contributed by atoms with E-state index in [9.17, 15) is 0 Å². The quantitative estimate of drug-likeness (QED) is 0.845. The summed E-state index contributed by atoms with van der Waals surface area (Å²) in [6.07, 6.45) is 8.75. The minimum atomic E-state index is 0.594. The second kappa shape index (κ2) is 5.43. The highest BCUT2D eigenvalue weighted by atomic mass is 15.3. The predicted molar refractivity (Wildman–Crippen MR) is 63.9 cm³/mol. The fraction of sp³-hybridized carbons (Fsp3) is 0.833. The van der Waals surface area contributed by atoms with Crippen molar-refractivity contribution in [2.75, 3.05) is 0 Å². The molecular weight excluding hydrogens is 200 g/mol. The SMILES string of the molecule is CC(NCc1nncn1C)C1CCCCC1. The molecule has 1 aromatic heterocycles. The molecule has 0 amide bonds. The molecule has 1 aliphatic carbocycles. The van der Waals surface area contributed by atoms with Crippen molar-refractivity contribution in [2.24, 2.45) is 13.0 Å². The molecule has 2 rings (SSSR count). The molecule has 0 aromatic carbocycles. The van der Waals surface area contributed by atoms with Gasteiger partial charge in [0, 0.05) is 13.1 Å². The van der Waals surface area contributed by atoms with Gasteiger partial charge in [0.25, 0.3) is 0 Å². The Morgan fingerprint density at radius 2 is 2.19 bits per heavy atom. The molecule has 0 radical (unpaired) electrons. The smallest absolute Gasteiger partial charge is 0.146 e. The summed E-state index contributed by atoms with van der Waals surface area (Å²) in [5.74, 6) is 1.87. The molecule has 1 fully saturated rings. The lowest BCUT2D eigenvalue weighted by Gasteiger charge is -2.28. The molecular formula is C12H22N4. The molecule has 1 N–H and O–H groups in total. The summed E-state index contributed by atoms with van der Waals surface area (Å²) < 4.78 is 1.97. The van der Waals surface area contributed by atoms with Gasteiger partial charge in [0.05, 0.1) is 6.54 Å². The first-order valence-electron chi connectivity index (χ1n) is 6.33. The summed E-state index contributed by atoms with van der Waals surface area (Å²) >= 11 is 0. The van der Waals surface area contributed by atoms with Gasteiger partial charge in [-0.25, -0.2) is 0 Å². The first-order valence-corrected chi connectivity index (χ1v) is 6.33. The molecule has 0 bridgehead atoms. The Bertz CT molecular complexity index is 315. The van der Waals surface area contributed by atoms with Gasteiger partial charge in [0.1, 0.15) is 12.2 Å². The molecule has 16 heavy (non-hydrogen) atoms. The lowest BCUT2D eigenvalue weighted by Crippen LogP contribution is -2.34. The van der Waals surface area contributed by atoms with E-state index < -0.39 is 0 Å². The van der Waals surface area contributed by atoms with Crippen LogP contribution in [-0.4, -0.2) is 20.8 Å². The topological polar surface area (TPSA) is 42.7 Å². The van der Waals surface area contributed by atoms with Gasteiger partial charge in [-0.3, -0.25) is 0 Å². The summed E-state index contributed by atoms with van der Waals surface area (Å²) in [5, 5.41) is 11.5. The van der Waals surface area contributed by atoms with Crippen LogP contribution in [0.15, 0.2) is 6.33 Å². The molecule has 1 saturated carbocycles. The Kier molecular flexibility index (Phi) is 3.93. The van der Waals surface area contributed by atoms with Crippen LogP contribution in [0, 0.1) is 5.92 Å². The molecule has 1 aliphatic rings. The highest BCUT2D eigenvalue weighted by Crippen LogP contribution is 2.26. The summed E-state index contributed by atoms with van der Waals surface area (Å²) in [4.78, 5) is 0. The maximum atomic E-state index is 4.08. The molecule has 0 aliphatic heterocycles. The molecule has 1 atom stereocenters. The van der Waals surface area contributed by atoms with Crippen molar-refractivity contribution in [1.29, 1.82) is 0 Å². The Balaban J connectivity index is 1.78. The zero-order valence-corrected chi connectivity index (χ0v) is 10.3. The Labute approximate surface area is 97.5 Å². The maximum absolute atomic E-state index is 4.08. The molecule has 1 unspecified atom stereocenters. The average Bonchev–Trinajstić information content (AvgIpc) is 2.73. The van der Waals surface area contributed by atoms with Crippen molar-refractivity contribution in [3.05, 3.63) is 12.2 Å². The van der Waals surface area contributed by atoms with Crippen molar-refractivity contribution in [1.82, 2.24) is 20.1 Å². The minimum absolute atomic E-state index is 0.594. The summed E-state index contributed by atoms with van der Waals surface area (Å²) in [6, 6.07) is 0.594. The van der Waals surface area contributed by atoms with E-state index in [-0.39, 0.29) is 0 Å². The Hall–Kier alpha value is -0.900. The number of aromatic nitrogens is 3. The van der Waals surface area contributed by atoms with E-state index in [0.29, 0.717) is 6.04 Å². The van der Waals surface area contributed by atoms with E-state index in [4.69, 9.17) is 0 Å². The van der Waals surface area contributed by atoms with Crippen LogP contribution in [0.5, 0.6) is 0 Å². The molecule has 0 saturated heterocycles. The second-order valence-electron chi connectivity index (χ2n) is 4.93. The number of nitrogens with zero attached hydrogens (tertiary/aromatic N) is 3. The van der Waals surface area contributed by atoms with Crippen LogP contribution < -0.4 is 5.32 Å². The Morgan fingerprint density at radius 1 is 1.44 bits per heavy atom. The minimum Gasteiger partial charge on any atom is -0.320 e. The van der Waals surface area contributed by atoms with Crippen molar-refractivity contribution >= 4 is 0 Å². The third kappa shape index (κ3) is 2.82. The number of aryl methyl sites for hydroxylation is 1. The van der Waals surface area contributed by atoms with E-state index in [1.54, 1.807) is 6.33 Å². The molecule has 4 heteroatoms. The highest BCUT2D eigenvalue weighted by Gasteiger charge is 2.19. The third-order valence-corrected chi connectivity index (χ3v) is 3.74. The van der Waals surface area contributed by atoms with Crippen molar-refractivity contribution in [3.63, 3.8) is 0 Å². The van der Waals surface area contributed by atoms with Crippen molar-refractivity contribution in [3.8, 4) is 0 Å². The summed E-state index contributed by atoms with van der Waals surface area (Å²) in [7, 11) is 1.99. The molecule has 4 nitrogen and oxygen atoms in total. The lowest BCUT2D eigenvalue weighted by molar-refractivity contribution is 0.279. The number of hydrogen-bond acceptors (Lipinski definition) is 3. The zero-order chi connectivity index (χ0) is 11.4. The van der Waals surface area contributed by atoms with Gasteiger partial charge >= 0.3 is 0 Å². The van der Waals surface area contributed by atoms with Crippen molar-refractivity contribution in [2.45, 2.75) is 51.6 Å². The first-order chi connectivity index (χ1) is 7.77. The van der Waals surface area contributed by atoms with Crippen LogP contribution in [-0.2, 0) is 13.6 Å². The van der Waals surface area contributed by atoms with Crippen LogP contribution >= 0.6 is 0 Å². The summed E-state index contributed by atoms with van der Waals surface area (Å²) in [6.45, 7) is 3.13. The zero-order valence-electron chi connectivity index (χ0n) is 10.3. The van der Waals surface area contributed by atoms with E-state index >= 15 is 0 Å². The van der Waals surface area contributed by atoms with Gasteiger partial charge in [-0.15, -0.1) is 10.2 Å². The molecule has 1 heterocycles. The standard InChI is InChI=1S/C12H22N4/c1-10(11-6-4-3-5-7-11)13-8-12-15-14-9-16(12)2/h9-11,13H,3-8H2,1-2H3. The predicted octanol–water partition coefficient (Wildman–Crippen LogP) is 1.87. The summed E-state index contributed by atoms with van der Waals surface area (Å²) in [5.41, 5.74) is 0. The van der Waals surface area contributed by atoms with E-state index in [2.05, 4.69) is 22.4 Å². The van der Waals surface area contributed by atoms with Gasteiger partial charge in [-0.1, -0.05) is 19.3 Å². The largest absolute Gasteiger partial charge is 0.320 e. The third-order valence-electron chi connectivity index (χ3n) is 3.74. The number of hydrogen-bond donors (Lipinski definition) is 1. The van der Waals surface area contributed by atoms with Crippen LogP contribution in [0.2, 0.25) is 0 Å². The van der Waals surface area contributed by atoms with Gasteiger partial charge in [-0.05, 0) is 25.7 Å².